The summed E-state index contributed by atoms with van der Waals surface area (Å²) in [6.45, 7) is 0.479. The van der Waals surface area contributed by atoms with Gasteiger partial charge in [-0.25, -0.2) is 0 Å². The fraction of sp³-hybridized carbons (Fsp3) is 0.143. The van der Waals surface area contributed by atoms with E-state index in [-0.39, 0.29) is 0 Å². The molecule has 0 fully saturated rings. The standard InChI is InChI=1S/C14H15ClN2/c1-17(12-7-3-2-4-8-12)14-11(10-16)6-5-9-13(14)15/h2-9H,10,16H2,1H3. The summed E-state index contributed by atoms with van der Waals surface area (Å²) in [5.74, 6) is 0. The van der Waals surface area contributed by atoms with Crippen LogP contribution in [0.5, 0.6) is 0 Å². The van der Waals surface area contributed by atoms with Gasteiger partial charge in [0.25, 0.3) is 0 Å². The molecule has 0 aromatic heterocycles. The van der Waals surface area contributed by atoms with Gasteiger partial charge in [-0.3, -0.25) is 0 Å². The second-order valence-corrected chi connectivity index (χ2v) is 4.25. The minimum absolute atomic E-state index is 0.479. The van der Waals surface area contributed by atoms with E-state index < -0.39 is 0 Å². The first-order valence-electron chi connectivity index (χ1n) is 5.50. The predicted octanol–water partition coefficient (Wildman–Crippen LogP) is 3.57. The Morgan fingerprint density at radius 2 is 1.76 bits per heavy atom. The lowest BCUT2D eigenvalue weighted by Crippen LogP contribution is -2.13. The molecule has 0 aliphatic rings. The molecule has 0 unspecified atom stereocenters. The highest BCUT2D eigenvalue weighted by molar-refractivity contribution is 6.33. The maximum atomic E-state index is 6.26. The van der Waals surface area contributed by atoms with Gasteiger partial charge in [-0.1, -0.05) is 41.9 Å². The molecule has 88 valence electrons. The monoisotopic (exact) mass is 246 g/mol. The van der Waals surface area contributed by atoms with Gasteiger partial charge >= 0.3 is 0 Å². The van der Waals surface area contributed by atoms with Crippen molar-refractivity contribution in [2.75, 3.05) is 11.9 Å². The lowest BCUT2D eigenvalue weighted by molar-refractivity contribution is 1.05. The van der Waals surface area contributed by atoms with E-state index in [0.29, 0.717) is 6.54 Å². The van der Waals surface area contributed by atoms with Gasteiger partial charge in [0, 0.05) is 19.3 Å². The van der Waals surface area contributed by atoms with E-state index in [4.69, 9.17) is 17.3 Å². The minimum atomic E-state index is 0.479. The van der Waals surface area contributed by atoms with Crippen molar-refractivity contribution in [3.05, 3.63) is 59.1 Å². The fourth-order valence-corrected chi connectivity index (χ4v) is 2.20. The third kappa shape index (κ3) is 2.43. The second-order valence-electron chi connectivity index (χ2n) is 3.85. The largest absolute Gasteiger partial charge is 0.343 e. The van der Waals surface area contributed by atoms with Gasteiger partial charge in [-0.15, -0.1) is 0 Å². The summed E-state index contributed by atoms with van der Waals surface area (Å²) in [6, 6.07) is 15.9. The molecule has 0 radical (unpaired) electrons. The van der Waals surface area contributed by atoms with Crippen LogP contribution < -0.4 is 10.6 Å². The van der Waals surface area contributed by atoms with Gasteiger partial charge < -0.3 is 10.6 Å². The molecule has 2 aromatic carbocycles. The van der Waals surface area contributed by atoms with Crippen LogP contribution in [0.4, 0.5) is 11.4 Å². The van der Waals surface area contributed by atoms with E-state index in [1.54, 1.807) is 0 Å². The van der Waals surface area contributed by atoms with Crippen LogP contribution in [0, 0.1) is 0 Å². The number of nitrogens with zero attached hydrogens (tertiary/aromatic N) is 1. The van der Waals surface area contributed by atoms with Gasteiger partial charge in [0.15, 0.2) is 0 Å². The molecule has 2 rings (SSSR count). The molecule has 2 aromatic rings. The summed E-state index contributed by atoms with van der Waals surface area (Å²) < 4.78 is 0. The predicted molar refractivity (Wildman–Crippen MR) is 73.8 cm³/mol. The highest BCUT2D eigenvalue weighted by Crippen LogP contribution is 2.33. The summed E-state index contributed by atoms with van der Waals surface area (Å²) in [6.07, 6.45) is 0. The van der Waals surface area contributed by atoms with Crippen molar-refractivity contribution in [1.29, 1.82) is 0 Å². The Labute approximate surface area is 107 Å². The van der Waals surface area contributed by atoms with E-state index in [2.05, 4.69) is 4.90 Å². The molecule has 3 heteroatoms. The molecule has 0 aliphatic heterocycles. The molecular weight excluding hydrogens is 232 g/mol. The molecule has 2 nitrogen and oxygen atoms in total. The maximum Gasteiger partial charge on any atom is 0.0646 e. The number of rotatable bonds is 3. The summed E-state index contributed by atoms with van der Waals surface area (Å²) in [4.78, 5) is 2.06. The molecule has 0 amide bonds. The first-order valence-corrected chi connectivity index (χ1v) is 5.88. The Balaban J connectivity index is 2.47. The first-order chi connectivity index (χ1) is 8.24. The SMILES string of the molecule is CN(c1ccccc1)c1c(Cl)cccc1CN. The zero-order valence-corrected chi connectivity index (χ0v) is 10.5. The van der Waals surface area contributed by atoms with Crippen molar-refractivity contribution in [2.24, 2.45) is 5.73 Å². The summed E-state index contributed by atoms with van der Waals surface area (Å²) in [5.41, 5.74) is 8.86. The van der Waals surface area contributed by atoms with Crippen molar-refractivity contribution < 1.29 is 0 Å². The molecule has 0 saturated carbocycles. The van der Waals surface area contributed by atoms with Crippen molar-refractivity contribution in [3.63, 3.8) is 0 Å². The number of benzene rings is 2. The van der Waals surface area contributed by atoms with Gasteiger partial charge in [-0.2, -0.15) is 0 Å². The third-order valence-electron chi connectivity index (χ3n) is 2.77. The van der Waals surface area contributed by atoms with E-state index in [9.17, 15) is 0 Å². The van der Waals surface area contributed by atoms with E-state index >= 15 is 0 Å². The number of anilines is 2. The number of para-hydroxylation sites is 2. The summed E-state index contributed by atoms with van der Waals surface area (Å²) >= 11 is 6.26. The van der Waals surface area contributed by atoms with Crippen molar-refractivity contribution in [1.82, 2.24) is 0 Å². The lowest BCUT2D eigenvalue weighted by atomic mass is 10.1. The van der Waals surface area contributed by atoms with Crippen LogP contribution in [-0.2, 0) is 6.54 Å². The Morgan fingerprint density at radius 3 is 2.41 bits per heavy atom. The average molecular weight is 247 g/mol. The van der Waals surface area contributed by atoms with E-state index in [1.165, 1.54) is 0 Å². The highest BCUT2D eigenvalue weighted by Gasteiger charge is 2.11. The van der Waals surface area contributed by atoms with Crippen LogP contribution in [0.25, 0.3) is 0 Å². The smallest absolute Gasteiger partial charge is 0.0646 e. The summed E-state index contributed by atoms with van der Waals surface area (Å²) in [7, 11) is 2.00. The quantitative estimate of drug-likeness (QED) is 0.897. The van der Waals surface area contributed by atoms with Crippen molar-refractivity contribution >= 4 is 23.0 Å². The molecule has 17 heavy (non-hydrogen) atoms. The van der Waals surface area contributed by atoms with Crippen LogP contribution in [-0.4, -0.2) is 7.05 Å². The van der Waals surface area contributed by atoms with Crippen molar-refractivity contribution in [3.8, 4) is 0 Å². The molecule has 0 atom stereocenters. The van der Waals surface area contributed by atoms with Gasteiger partial charge in [-0.05, 0) is 23.8 Å². The molecular formula is C14H15ClN2. The molecule has 0 spiro atoms. The molecule has 0 aliphatic carbocycles. The summed E-state index contributed by atoms with van der Waals surface area (Å²) in [5, 5.41) is 0.722. The number of halogens is 1. The van der Waals surface area contributed by atoms with Crippen LogP contribution in [0.15, 0.2) is 48.5 Å². The van der Waals surface area contributed by atoms with Crippen LogP contribution in [0.1, 0.15) is 5.56 Å². The normalized spacial score (nSPS) is 10.3. The average Bonchev–Trinajstić information content (AvgIpc) is 2.38. The first kappa shape index (κ1) is 12.0. The topological polar surface area (TPSA) is 29.3 Å². The minimum Gasteiger partial charge on any atom is -0.343 e. The van der Waals surface area contributed by atoms with Crippen LogP contribution in [0.3, 0.4) is 0 Å². The molecule has 0 bridgehead atoms. The zero-order chi connectivity index (χ0) is 12.3. The molecule has 0 heterocycles. The zero-order valence-electron chi connectivity index (χ0n) is 9.73. The Kier molecular flexibility index (Phi) is 3.67. The Bertz CT molecular complexity index is 497. The maximum absolute atomic E-state index is 6.26. The lowest BCUT2D eigenvalue weighted by Gasteiger charge is -2.23. The van der Waals surface area contributed by atoms with Crippen LogP contribution >= 0.6 is 11.6 Å². The second kappa shape index (κ2) is 5.21. The van der Waals surface area contributed by atoms with Gasteiger partial charge in [0.05, 0.1) is 10.7 Å². The highest BCUT2D eigenvalue weighted by atomic mass is 35.5. The van der Waals surface area contributed by atoms with E-state index in [0.717, 1.165) is 22.0 Å². The number of hydrogen-bond acceptors (Lipinski definition) is 2. The Hall–Kier alpha value is -1.51. The molecule has 2 N–H and O–H groups in total. The fourth-order valence-electron chi connectivity index (χ4n) is 1.88. The number of hydrogen-bond donors (Lipinski definition) is 1. The van der Waals surface area contributed by atoms with Gasteiger partial charge in [0.1, 0.15) is 0 Å². The molecule has 0 saturated heterocycles. The number of nitrogens with two attached hydrogens (primary N) is 1. The Morgan fingerprint density at radius 1 is 1.06 bits per heavy atom. The van der Waals surface area contributed by atoms with Crippen molar-refractivity contribution in [2.45, 2.75) is 6.54 Å². The van der Waals surface area contributed by atoms with E-state index in [1.807, 2.05) is 55.6 Å². The third-order valence-corrected chi connectivity index (χ3v) is 3.07. The van der Waals surface area contributed by atoms with Crippen LogP contribution in [0.2, 0.25) is 5.02 Å². The van der Waals surface area contributed by atoms with Gasteiger partial charge in [0.2, 0.25) is 0 Å².